The Morgan fingerprint density at radius 1 is 1.05 bits per heavy atom. The second-order valence-corrected chi connectivity index (χ2v) is 6.11. The van der Waals surface area contributed by atoms with E-state index in [0.29, 0.717) is 18.5 Å². The van der Waals surface area contributed by atoms with Gasteiger partial charge in [0.15, 0.2) is 0 Å². The Morgan fingerprint density at radius 3 is 2.38 bits per heavy atom. The van der Waals surface area contributed by atoms with Crippen molar-refractivity contribution in [3.63, 3.8) is 0 Å². The summed E-state index contributed by atoms with van der Waals surface area (Å²) in [6, 6.07) is 19.3. The number of aryl methyl sites for hydroxylation is 1. The maximum absolute atomic E-state index is 10.1. The minimum atomic E-state index is -0.412. The highest BCUT2D eigenvalue weighted by atomic mass is 16.3. The van der Waals surface area contributed by atoms with Crippen LogP contribution in [0.5, 0.6) is 0 Å². The van der Waals surface area contributed by atoms with Gasteiger partial charge < -0.3 is 10.4 Å². The van der Waals surface area contributed by atoms with Crippen LogP contribution in [0.2, 0.25) is 0 Å². The van der Waals surface area contributed by atoms with Crippen molar-refractivity contribution >= 4 is 0 Å². The lowest BCUT2D eigenvalue weighted by Gasteiger charge is -2.37. The van der Waals surface area contributed by atoms with Crippen molar-refractivity contribution in [2.45, 2.75) is 37.8 Å². The van der Waals surface area contributed by atoms with Crippen LogP contribution in [0.4, 0.5) is 0 Å². The van der Waals surface area contributed by atoms with Gasteiger partial charge in [-0.1, -0.05) is 60.2 Å². The average molecular weight is 281 g/mol. The second kappa shape index (κ2) is 6.42. The van der Waals surface area contributed by atoms with E-state index < -0.39 is 6.10 Å². The zero-order valence-corrected chi connectivity index (χ0v) is 12.5. The number of rotatable bonds is 5. The molecule has 0 aliphatic heterocycles. The van der Waals surface area contributed by atoms with Gasteiger partial charge in [-0.3, -0.25) is 0 Å². The van der Waals surface area contributed by atoms with Crippen LogP contribution in [0.15, 0.2) is 54.6 Å². The Kier molecular flexibility index (Phi) is 4.37. The van der Waals surface area contributed by atoms with Crippen LogP contribution in [0.3, 0.4) is 0 Å². The molecule has 0 heterocycles. The third-order valence-corrected chi connectivity index (χ3v) is 4.47. The first kappa shape index (κ1) is 14.3. The maximum Gasteiger partial charge on any atom is 0.0914 e. The van der Waals surface area contributed by atoms with Crippen LogP contribution < -0.4 is 5.32 Å². The van der Waals surface area contributed by atoms with E-state index >= 15 is 0 Å². The molecule has 1 aliphatic rings. The van der Waals surface area contributed by atoms with Gasteiger partial charge in [0.25, 0.3) is 0 Å². The fourth-order valence-corrected chi connectivity index (χ4v) is 2.97. The fraction of sp³-hybridized carbons (Fsp3) is 0.368. The van der Waals surface area contributed by atoms with Gasteiger partial charge in [-0.2, -0.15) is 0 Å². The third kappa shape index (κ3) is 3.52. The first-order valence-electron chi connectivity index (χ1n) is 7.75. The third-order valence-electron chi connectivity index (χ3n) is 4.47. The standard InChI is InChI=1S/C19H23NO/c1-14-7-9-15(10-8-14)17-11-18(12-17)20-13-19(21)16-5-3-2-4-6-16/h2-10,17-21H,11-13H2,1H3. The molecule has 0 radical (unpaired) electrons. The molecule has 0 amide bonds. The number of benzene rings is 2. The van der Waals surface area contributed by atoms with E-state index in [0.717, 1.165) is 5.56 Å². The minimum absolute atomic E-state index is 0.412. The highest BCUT2D eigenvalue weighted by Crippen LogP contribution is 2.37. The molecule has 0 spiro atoms. The highest BCUT2D eigenvalue weighted by Gasteiger charge is 2.30. The molecule has 3 rings (SSSR count). The molecule has 0 aromatic heterocycles. The minimum Gasteiger partial charge on any atom is -0.387 e. The normalized spacial score (nSPS) is 22.6. The largest absolute Gasteiger partial charge is 0.387 e. The summed E-state index contributed by atoms with van der Waals surface area (Å²) in [5.41, 5.74) is 3.75. The van der Waals surface area contributed by atoms with Gasteiger partial charge in [0.2, 0.25) is 0 Å². The van der Waals surface area contributed by atoms with Crippen molar-refractivity contribution in [2.75, 3.05) is 6.54 Å². The van der Waals surface area contributed by atoms with Gasteiger partial charge in [-0.05, 0) is 36.8 Å². The van der Waals surface area contributed by atoms with Crippen molar-refractivity contribution in [3.8, 4) is 0 Å². The van der Waals surface area contributed by atoms with Crippen molar-refractivity contribution < 1.29 is 5.11 Å². The first-order valence-corrected chi connectivity index (χ1v) is 7.75. The highest BCUT2D eigenvalue weighted by molar-refractivity contribution is 5.27. The van der Waals surface area contributed by atoms with Gasteiger partial charge in [0.1, 0.15) is 0 Å². The molecule has 1 saturated carbocycles. The fourth-order valence-electron chi connectivity index (χ4n) is 2.97. The number of hydrogen-bond donors (Lipinski definition) is 2. The van der Waals surface area contributed by atoms with Crippen molar-refractivity contribution in [3.05, 3.63) is 71.3 Å². The van der Waals surface area contributed by atoms with Gasteiger partial charge in [0, 0.05) is 12.6 Å². The van der Waals surface area contributed by atoms with Crippen LogP contribution in [0.1, 0.15) is 41.6 Å². The number of aliphatic hydroxyl groups excluding tert-OH is 1. The van der Waals surface area contributed by atoms with E-state index in [4.69, 9.17) is 0 Å². The zero-order valence-electron chi connectivity index (χ0n) is 12.5. The Hall–Kier alpha value is -1.64. The molecule has 2 heteroatoms. The number of aliphatic hydroxyl groups is 1. The van der Waals surface area contributed by atoms with E-state index in [-0.39, 0.29) is 0 Å². The predicted molar refractivity (Wildman–Crippen MR) is 86.3 cm³/mol. The molecule has 110 valence electrons. The van der Waals surface area contributed by atoms with Gasteiger partial charge in [-0.15, -0.1) is 0 Å². The topological polar surface area (TPSA) is 32.3 Å². The molecular formula is C19H23NO. The lowest BCUT2D eigenvalue weighted by Crippen LogP contribution is -2.41. The van der Waals surface area contributed by atoms with Gasteiger partial charge in [0.05, 0.1) is 6.10 Å². The summed E-state index contributed by atoms with van der Waals surface area (Å²) in [5.74, 6) is 0.678. The molecular weight excluding hydrogens is 258 g/mol. The summed E-state index contributed by atoms with van der Waals surface area (Å²) < 4.78 is 0. The van der Waals surface area contributed by atoms with Crippen LogP contribution in [-0.4, -0.2) is 17.7 Å². The summed E-state index contributed by atoms with van der Waals surface area (Å²) in [4.78, 5) is 0. The summed E-state index contributed by atoms with van der Waals surface area (Å²) >= 11 is 0. The average Bonchev–Trinajstić information content (AvgIpc) is 2.48. The van der Waals surface area contributed by atoms with E-state index in [1.165, 1.54) is 24.0 Å². The van der Waals surface area contributed by atoms with E-state index in [2.05, 4.69) is 36.5 Å². The first-order chi connectivity index (χ1) is 10.2. The molecule has 21 heavy (non-hydrogen) atoms. The quantitative estimate of drug-likeness (QED) is 0.878. The van der Waals surface area contributed by atoms with Gasteiger partial charge >= 0.3 is 0 Å². The van der Waals surface area contributed by atoms with E-state index in [9.17, 15) is 5.11 Å². The van der Waals surface area contributed by atoms with E-state index in [1.54, 1.807) is 0 Å². The summed E-state index contributed by atoms with van der Waals surface area (Å²) in [6.07, 6.45) is 1.93. The summed E-state index contributed by atoms with van der Waals surface area (Å²) in [7, 11) is 0. The Morgan fingerprint density at radius 2 is 1.71 bits per heavy atom. The van der Waals surface area contributed by atoms with Crippen molar-refractivity contribution in [1.82, 2.24) is 5.32 Å². The lowest BCUT2D eigenvalue weighted by atomic mass is 9.75. The SMILES string of the molecule is Cc1ccc(C2CC(NCC(O)c3ccccc3)C2)cc1. The molecule has 1 fully saturated rings. The number of nitrogens with one attached hydrogen (secondary N) is 1. The van der Waals surface area contributed by atoms with Crippen LogP contribution in [0.25, 0.3) is 0 Å². The molecule has 1 atom stereocenters. The van der Waals surface area contributed by atoms with Crippen molar-refractivity contribution in [2.24, 2.45) is 0 Å². The monoisotopic (exact) mass is 281 g/mol. The summed E-state index contributed by atoms with van der Waals surface area (Å²) in [6.45, 7) is 2.76. The predicted octanol–water partition coefficient (Wildman–Crippen LogP) is 3.56. The molecule has 0 saturated heterocycles. The Bertz CT molecular complexity index is 558. The second-order valence-electron chi connectivity index (χ2n) is 6.11. The number of hydrogen-bond acceptors (Lipinski definition) is 2. The van der Waals surface area contributed by atoms with Crippen LogP contribution in [0, 0.1) is 6.92 Å². The van der Waals surface area contributed by atoms with Crippen molar-refractivity contribution in [1.29, 1.82) is 0 Å². The molecule has 2 aromatic rings. The lowest BCUT2D eigenvalue weighted by molar-refractivity contribution is 0.157. The molecule has 2 aromatic carbocycles. The van der Waals surface area contributed by atoms with Gasteiger partial charge in [-0.25, -0.2) is 0 Å². The van der Waals surface area contributed by atoms with E-state index in [1.807, 2.05) is 30.3 Å². The molecule has 1 unspecified atom stereocenters. The maximum atomic E-state index is 10.1. The van der Waals surface area contributed by atoms with Crippen LogP contribution in [-0.2, 0) is 0 Å². The summed E-state index contributed by atoms with van der Waals surface area (Å²) in [5, 5.41) is 13.6. The molecule has 1 aliphatic carbocycles. The molecule has 0 bridgehead atoms. The Labute approximate surface area is 126 Å². The Balaban J connectivity index is 1.44. The molecule has 2 nitrogen and oxygen atoms in total. The smallest absolute Gasteiger partial charge is 0.0914 e. The zero-order chi connectivity index (χ0) is 14.7. The molecule has 2 N–H and O–H groups in total. The van der Waals surface area contributed by atoms with Crippen LogP contribution >= 0.6 is 0 Å².